The van der Waals surface area contributed by atoms with Crippen LogP contribution in [0.15, 0.2) is 36.4 Å². The number of rotatable bonds is 5. The zero-order chi connectivity index (χ0) is 32.8. The first-order valence-corrected chi connectivity index (χ1v) is 14.6. The van der Waals surface area contributed by atoms with E-state index in [-0.39, 0.29) is 43.0 Å². The molecule has 3 atom stereocenters. The highest BCUT2D eigenvalue weighted by Gasteiger charge is 2.43. The molecule has 1 heterocycles. The number of nitrogens with zero attached hydrogens (tertiary/aromatic N) is 2. The van der Waals surface area contributed by atoms with Crippen molar-refractivity contribution >= 4 is 11.8 Å². The molecule has 2 fully saturated rings. The number of aryl methyl sites for hydroxylation is 1. The highest BCUT2D eigenvalue weighted by molar-refractivity contribution is 5.82. The third-order valence-corrected chi connectivity index (χ3v) is 9.31. The Hall–Kier alpha value is -3.15. The number of amides is 2. The Morgan fingerprint density at radius 3 is 2.07 bits per heavy atom. The average Bonchev–Trinajstić information content (AvgIpc) is 2.94. The molecule has 2 aromatic carbocycles. The molecule has 242 valence electrons. The van der Waals surface area contributed by atoms with Crippen molar-refractivity contribution in [2.75, 3.05) is 20.1 Å². The van der Waals surface area contributed by atoms with Crippen LogP contribution in [0.25, 0.3) is 0 Å². The quantitative estimate of drug-likeness (QED) is 0.354. The van der Waals surface area contributed by atoms with Crippen molar-refractivity contribution in [3.8, 4) is 0 Å². The monoisotopic (exact) mass is 630 g/mol. The van der Waals surface area contributed by atoms with Crippen LogP contribution in [0, 0.1) is 24.6 Å². The second kappa shape index (κ2) is 12.3. The van der Waals surface area contributed by atoms with E-state index < -0.39 is 58.7 Å². The summed E-state index contributed by atoms with van der Waals surface area (Å²) in [6.07, 6.45) is -7.87. The van der Waals surface area contributed by atoms with Gasteiger partial charge in [0.1, 0.15) is 5.82 Å². The summed E-state index contributed by atoms with van der Waals surface area (Å²) in [6.45, 7) is 5.14. The zero-order valence-electron chi connectivity index (χ0n) is 25.0. The minimum absolute atomic E-state index is 0.0471. The lowest BCUT2D eigenvalue weighted by Gasteiger charge is -2.43. The molecule has 2 amide bonds. The van der Waals surface area contributed by atoms with E-state index in [0.717, 1.165) is 4.90 Å². The predicted molar refractivity (Wildman–Crippen MR) is 149 cm³/mol. The predicted octanol–water partition coefficient (Wildman–Crippen LogP) is 7.26. The molecule has 5 nitrogen and oxygen atoms in total. The summed E-state index contributed by atoms with van der Waals surface area (Å²) in [7, 11) is 1.33. The van der Waals surface area contributed by atoms with Crippen LogP contribution < -0.4 is 0 Å². The number of carbonyl (C=O) groups excluding carboxylic acids is 2. The topological polar surface area (TPSA) is 60.9 Å². The van der Waals surface area contributed by atoms with Gasteiger partial charge in [0.15, 0.2) is 0 Å². The summed E-state index contributed by atoms with van der Waals surface area (Å²) in [5, 5.41) is 10.3. The number of benzene rings is 2. The lowest BCUT2D eigenvalue weighted by Crippen LogP contribution is -2.50. The molecule has 2 aliphatic rings. The highest BCUT2D eigenvalue weighted by atomic mass is 19.4. The fourth-order valence-corrected chi connectivity index (χ4v) is 6.46. The van der Waals surface area contributed by atoms with E-state index in [2.05, 4.69) is 0 Å². The van der Waals surface area contributed by atoms with Gasteiger partial charge in [0.05, 0.1) is 22.8 Å². The summed E-state index contributed by atoms with van der Waals surface area (Å²) in [6, 6.07) is 4.26. The molecule has 1 saturated heterocycles. The van der Waals surface area contributed by atoms with Crippen LogP contribution in [0.1, 0.15) is 85.7 Å². The van der Waals surface area contributed by atoms with Gasteiger partial charge in [0.25, 0.3) is 0 Å². The summed E-state index contributed by atoms with van der Waals surface area (Å²) in [4.78, 5) is 30.3. The minimum atomic E-state index is -5.03. The van der Waals surface area contributed by atoms with Crippen molar-refractivity contribution in [2.24, 2.45) is 11.8 Å². The maximum absolute atomic E-state index is 14.0. The Kier molecular flexibility index (Phi) is 9.45. The van der Waals surface area contributed by atoms with Gasteiger partial charge in [-0.2, -0.15) is 26.3 Å². The van der Waals surface area contributed by atoms with Gasteiger partial charge in [0.2, 0.25) is 11.8 Å². The van der Waals surface area contributed by atoms with Crippen LogP contribution in [0.2, 0.25) is 0 Å². The van der Waals surface area contributed by atoms with Crippen LogP contribution >= 0.6 is 0 Å². The number of halogens is 7. The first-order chi connectivity index (χ1) is 20.3. The number of hydrogen-bond acceptors (Lipinski definition) is 3. The first-order valence-electron chi connectivity index (χ1n) is 14.6. The van der Waals surface area contributed by atoms with E-state index in [9.17, 15) is 45.4 Å². The van der Waals surface area contributed by atoms with Crippen LogP contribution in [-0.2, 0) is 21.9 Å². The molecule has 4 rings (SSSR count). The molecule has 0 spiro atoms. The van der Waals surface area contributed by atoms with Gasteiger partial charge in [0, 0.05) is 37.9 Å². The highest BCUT2D eigenvalue weighted by Crippen LogP contribution is 2.41. The van der Waals surface area contributed by atoms with Crippen molar-refractivity contribution in [1.29, 1.82) is 0 Å². The molecular formula is C32H37F7N2O3. The average molecular weight is 631 g/mol. The van der Waals surface area contributed by atoms with Gasteiger partial charge < -0.3 is 14.9 Å². The number of piperidine rings is 1. The summed E-state index contributed by atoms with van der Waals surface area (Å²) >= 11 is 0. The Bertz CT molecular complexity index is 1350. The molecule has 0 radical (unpaired) electrons. The summed E-state index contributed by atoms with van der Waals surface area (Å²) in [5.74, 6) is -2.73. The van der Waals surface area contributed by atoms with Gasteiger partial charge in [-0.25, -0.2) is 4.39 Å². The molecule has 0 aromatic heterocycles. The first kappa shape index (κ1) is 33.7. The molecule has 44 heavy (non-hydrogen) atoms. The van der Waals surface area contributed by atoms with Crippen molar-refractivity contribution < 1.29 is 45.4 Å². The lowest BCUT2D eigenvalue weighted by atomic mass is 9.76. The van der Waals surface area contributed by atoms with Crippen LogP contribution in [0.3, 0.4) is 0 Å². The van der Waals surface area contributed by atoms with Crippen LogP contribution in [0.4, 0.5) is 30.7 Å². The van der Waals surface area contributed by atoms with Gasteiger partial charge in [-0.05, 0) is 99.9 Å². The molecule has 12 heteroatoms. The SMILES string of the molecule is Cc1cc(F)ccc1[C@H]1CN(C(=O)C2CCC(C)(O)CC2)CC[C@@H]1C(=O)N(C)[C@H](C)c1cc(C(F)(F)F)cc(C(F)(F)F)c1. The lowest BCUT2D eigenvalue weighted by molar-refractivity contribution is -0.146. The second-order valence-corrected chi connectivity index (χ2v) is 12.5. The maximum atomic E-state index is 14.0. The number of likely N-dealkylation sites (tertiary alicyclic amines) is 1. The molecular weight excluding hydrogens is 593 g/mol. The number of aliphatic hydroxyl groups is 1. The van der Waals surface area contributed by atoms with Gasteiger partial charge in [-0.1, -0.05) is 6.07 Å². The number of carbonyl (C=O) groups is 2. The summed E-state index contributed by atoms with van der Waals surface area (Å²) < 4.78 is 95.1. The molecule has 0 unspecified atom stereocenters. The third-order valence-electron chi connectivity index (χ3n) is 9.31. The van der Waals surface area contributed by atoms with Crippen LogP contribution in [0.5, 0.6) is 0 Å². The molecule has 1 aliphatic carbocycles. The zero-order valence-corrected chi connectivity index (χ0v) is 25.0. The van der Waals surface area contributed by atoms with Crippen molar-refractivity contribution in [2.45, 2.75) is 82.8 Å². The Balaban J connectivity index is 1.63. The third kappa shape index (κ3) is 7.38. The fourth-order valence-electron chi connectivity index (χ4n) is 6.46. The molecule has 1 N–H and O–H groups in total. The van der Waals surface area contributed by atoms with Crippen molar-refractivity contribution in [3.63, 3.8) is 0 Å². The Morgan fingerprint density at radius 1 is 0.977 bits per heavy atom. The minimum Gasteiger partial charge on any atom is -0.390 e. The van der Waals surface area contributed by atoms with Gasteiger partial charge in [-0.3, -0.25) is 9.59 Å². The smallest absolute Gasteiger partial charge is 0.390 e. The van der Waals surface area contributed by atoms with E-state index in [1.165, 1.54) is 26.1 Å². The number of hydrogen-bond donors (Lipinski definition) is 1. The van der Waals surface area contributed by atoms with E-state index >= 15 is 0 Å². The Morgan fingerprint density at radius 2 is 1.55 bits per heavy atom. The number of alkyl halides is 6. The largest absolute Gasteiger partial charge is 0.416 e. The van der Waals surface area contributed by atoms with Crippen LogP contribution in [-0.4, -0.2) is 52.5 Å². The van der Waals surface area contributed by atoms with E-state index in [1.54, 1.807) is 24.8 Å². The fraction of sp³-hybridized carbons (Fsp3) is 0.562. The van der Waals surface area contributed by atoms with Crippen molar-refractivity contribution in [1.82, 2.24) is 9.80 Å². The second-order valence-electron chi connectivity index (χ2n) is 12.5. The standard InChI is InChI=1S/C32H37F7N2O3/c1-18-13-24(33)5-6-25(18)27-17-41(28(42)20-7-10-30(3,44)11-8-20)12-9-26(27)29(43)40(4)19(2)21-14-22(31(34,35)36)16-23(15-21)32(37,38)39/h5-6,13-16,19-20,26-27,44H,7-12,17H2,1-4H3/t19-,20?,26+,27-,30?/m1/s1. The molecule has 1 saturated carbocycles. The van der Waals surface area contributed by atoms with Gasteiger partial charge >= 0.3 is 12.4 Å². The van der Waals surface area contributed by atoms with Crippen molar-refractivity contribution in [3.05, 3.63) is 70.0 Å². The maximum Gasteiger partial charge on any atom is 0.416 e. The normalized spacial score (nSPS) is 25.5. The van der Waals surface area contributed by atoms with E-state index in [0.29, 0.717) is 48.9 Å². The Labute approximate surface area is 252 Å². The van der Waals surface area contributed by atoms with E-state index in [1.807, 2.05) is 0 Å². The molecule has 0 bridgehead atoms. The molecule has 1 aliphatic heterocycles. The summed E-state index contributed by atoms with van der Waals surface area (Å²) in [5.41, 5.74) is -2.89. The molecule has 2 aromatic rings. The van der Waals surface area contributed by atoms with Gasteiger partial charge in [-0.15, -0.1) is 0 Å². The van der Waals surface area contributed by atoms with E-state index in [4.69, 9.17) is 0 Å².